The van der Waals surface area contributed by atoms with Crippen LogP contribution in [0.3, 0.4) is 0 Å². The van der Waals surface area contributed by atoms with Crippen LogP contribution in [0.5, 0.6) is 5.75 Å². The molecule has 0 saturated carbocycles. The fourth-order valence-electron chi connectivity index (χ4n) is 6.13. The number of carbonyl (C=O) groups is 3. The van der Waals surface area contributed by atoms with E-state index in [0.29, 0.717) is 44.6 Å². The molecule has 3 aromatic rings. The third-order valence-electron chi connectivity index (χ3n) is 8.15. The highest BCUT2D eigenvalue weighted by molar-refractivity contribution is 6.31. The molecule has 2 aliphatic rings. The first-order valence-electron chi connectivity index (χ1n) is 13.8. The van der Waals surface area contributed by atoms with Crippen LogP contribution in [0.4, 0.5) is 10.1 Å². The molecule has 3 amide bonds. The van der Waals surface area contributed by atoms with Crippen LogP contribution in [0.2, 0.25) is 10.0 Å². The number of anilines is 1. The van der Waals surface area contributed by atoms with E-state index in [1.54, 1.807) is 63.2 Å². The maximum absolute atomic E-state index is 14.7. The Morgan fingerprint density at radius 2 is 1.79 bits per heavy atom. The molecule has 226 valence electrons. The van der Waals surface area contributed by atoms with Crippen molar-refractivity contribution in [3.63, 3.8) is 0 Å². The lowest BCUT2D eigenvalue weighted by Crippen LogP contribution is -2.57. The van der Waals surface area contributed by atoms with Crippen molar-refractivity contribution in [2.24, 2.45) is 0 Å². The average Bonchev–Trinajstić information content (AvgIpc) is 3.23. The normalized spacial score (nSPS) is 21.3. The van der Waals surface area contributed by atoms with Crippen molar-refractivity contribution in [3.05, 3.63) is 92.7 Å². The standard InChI is InChI=1S/C32H32Cl2FN3O5/c1-17-5-8-20(35)15-21(17)28-32(23-9-6-19(34)14-25(23)37-30(32)41)24(16-27(39)38-28)22-13-18(33)7-10-26(22)43-31(2,3)29(40)36-11-12-42-4/h5-10,13-15,24,28H,11-12,16H2,1-4H3,(H,36,40)(H,37,41)(H,38,39)/t24-,28+,32-/m1/s1. The molecule has 3 N–H and O–H groups in total. The number of fused-ring (bicyclic) bond motifs is 2. The second-order valence-electron chi connectivity index (χ2n) is 11.3. The number of hydrogen-bond acceptors (Lipinski definition) is 5. The monoisotopic (exact) mass is 627 g/mol. The lowest BCUT2D eigenvalue weighted by atomic mass is 9.59. The van der Waals surface area contributed by atoms with Gasteiger partial charge < -0.3 is 25.4 Å². The predicted octanol–water partition coefficient (Wildman–Crippen LogP) is 5.60. The van der Waals surface area contributed by atoms with E-state index in [4.69, 9.17) is 32.7 Å². The van der Waals surface area contributed by atoms with Crippen molar-refractivity contribution in [1.82, 2.24) is 10.6 Å². The fourth-order valence-corrected chi connectivity index (χ4v) is 6.48. The smallest absolute Gasteiger partial charge is 0.263 e. The van der Waals surface area contributed by atoms with Gasteiger partial charge >= 0.3 is 0 Å². The maximum atomic E-state index is 14.7. The Balaban J connectivity index is 1.72. The second-order valence-corrected chi connectivity index (χ2v) is 12.2. The number of piperidine rings is 1. The lowest BCUT2D eigenvalue weighted by Gasteiger charge is -2.47. The topological polar surface area (TPSA) is 106 Å². The Labute approximate surface area is 259 Å². The predicted molar refractivity (Wildman–Crippen MR) is 162 cm³/mol. The molecule has 43 heavy (non-hydrogen) atoms. The van der Waals surface area contributed by atoms with Crippen molar-refractivity contribution >= 4 is 46.6 Å². The minimum atomic E-state index is -1.46. The van der Waals surface area contributed by atoms with Gasteiger partial charge in [-0.3, -0.25) is 14.4 Å². The van der Waals surface area contributed by atoms with Crippen LogP contribution in [0, 0.1) is 12.7 Å². The Morgan fingerprint density at radius 1 is 1.07 bits per heavy atom. The van der Waals surface area contributed by atoms with Crippen molar-refractivity contribution in [2.75, 3.05) is 25.6 Å². The quantitative estimate of drug-likeness (QED) is 0.282. The van der Waals surface area contributed by atoms with Gasteiger partial charge in [-0.1, -0.05) is 35.3 Å². The number of rotatable bonds is 8. The van der Waals surface area contributed by atoms with E-state index in [9.17, 15) is 18.8 Å². The maximum Gasteiger partial charge on any atom is 0.263 e. The Kier molecular flexibility index (Phi) is 8.44. The van der Waals surface area contributed by atoms with Crippen molar-refractivity contribution in [1.29, 1.82) is 0 Å². The van der Waals surface area contributed by atoms with Gasteiger partial charge in [0.15, 0.2) is 5.60 Å². The van der Waals surface area contributed by atoms with E-state index in [0.717, 1.165) is 0 Å². The second kappa shape index (κ2) is 11.8. The zero-order valence-corrected chi connectivity index (χ0v) is 25.7. The van der Waals surface area contributed by atoms with Crippen LogP contribution in [0.1, 0.15) is 54.5 Å². The molecule has 0 unspecified atom stereocenters. The molecule has 1 fully saturated rings. The number of halogens is 3. The summed E-state index contributed by atoms with van der Waals surface area (Å²) in [7, 11) is 1.54. The first-order valence-corrected chi connectivity index (χ1v) is 14.6. The Morgan fingerprint density at radius 3 is 2.53 bits per heavy atom. The van der Waals surface area contributed by atoms with Crippen molar-refractivity contribution in [2.45, 2.75) is 50.2 Å². The van der Waals surface area contributed by atoms with Gasteiger partial charge in [0.25, 0.3) is 5.91 Å². The first kappa shape index (κ1) is 30.8. The molecule has 1 saturated heterocycles. The highest BCUT2D eigenvalue weighted by Gasteiger charge is 2.62. The van der Waals surface area contributed by atoms with E-state index in [2.05, 4.69) is 16.0 Å². The molecule has 0 radical (unpaired) electrons. The van der Waals surface area contributed by atoms with Crippen LogP contribution in [-0.2, 0) is 24.5 Å². The van der Waals surface area contributed by atoms with Gasteiger partial charge in [-0.25, -0.2) is 4.39 Å². The van der Waals surface area contributed by atoms with Crippen molar-refractivity contribution in [3.8, 4) is 5.75 Å². The summed E-state index contributed by atoms with van der Waals surface area (Å²) in [6, 6.07) is 13.3. The number of benzene rings is 3. The van der Waals surface area contributed by atoms with Crippen LogP contribution in [-0.4, -0.2) is 43.6 Å². The van der Waals surface area contributed by atoms with Gasteiger partial charge in [-0.2, -0.15) is 0 Å². The van der Waals surface area contributed by atoms with Crippen LogP contribution in [0.15, 0.2) is 54.6 Å². The van der Waals surface area contributed by atoms with Gasteiger partial charge in [-0.05, 0) is 79.9 Å². The molecule has 1 spiro atoms. The summed E-state index contributed by atoms with van der Waals surface area (Å²) in [5, 5.41) is 9.50. The highest BCUT2D eigenvalue weighted by Crippen LogP contribution is 2.59. The highest BCUT2D eigenvalue weighted by atomic mass is 35.5. The summed E-state index contributed by atoms with van der Waals surface area (Å²) in [5.41, 5.74) is -0.125. The van der Waals surface area contributed by atoms with Gasteiger partial charge in [0.2, 0.25) is 11.8 Å². The third-order valence-corrected chi connectivity index (χ3v) is 8.62. The molecule has 8 nitrogen and oxygen atoms in total. The van der Waals surface area contributed by atoms with E-state index in [-0.39, 0.29) is 30.5 Å². The largest absolute Gasteiger partial charge is 0.478 e. The molecule has 11 heteroatoms. The summed E-state index contributed by atoms with van der Waals surface area (Å²) >= 11 is 12.8. The van der Waals surface area contributed by atoms with Gasteiger partial charge in [0, 0.05) is 47.3 Å². The minimum Gasteiger partial charge on any atom is -0.478 e. The summed E-state index contributed by atoms with van der Waals surface area (Å²) in [6.07, 6.45) is -0.114. The minimum absolute atomic E-state index is 0.114. The molecule has 5 rings (SSSR count). The van der Waals surface area contributed by atoms with Gasteiger partial charge in [-0.15, -0.1) is 0 Å². The molecule has 3 aromatic carbocycles. The molecular formula is C32H32Cl2FN3O5. The molecule has 0 aliphatic carbocycles. The zero-order chi connectivity index (χ0) is 31.1. The Bertz CT molecular complexity index is 1610. The molecule has 2 aliphatic heterocycles. The van der Waals surface area contributed by atoms with E-state index >= 15 is 0 Å². The molecular weight excluding hydrogens is 596 g/mol. The third kappa shape index (κ3) is 5.57. The number of methoxy groups -OCH3 is 1. The zero-order valence-electron chi connectivity index (χ0n) is 24.1. The Hall–Kier alpha value is -3.66. The van der Waals surface area contributed by atoms with Crippen LogP contribution < -0.4 is 20.7 Å². The summed E-state index contributed by atoms with van der Waals surface area (Å²) in [5.74, 6) is -2.19. The number of carbonyl (C=O) groups excluding carboxylic acids is 3. The van der Waals surface area contributed by atoms with E-state index in [1.165, 1.54) is 19.2 Å². The average molecular weight is 629 g/mol. The summed E-state index contributed by atoms with van der Waals surface area (Å²) in [6.45, 7) is 5.65. The van der Waals surface area contributed by atoms with Crippen LogP contribution >= 0.6 is 23.2 Å². The number of hydrogen-bond donors (Lipinski definition) is 3. The van der Waals surface area contributed by atoms with Gasteiger partial charge in [0.05, 0.1) is 12.6 Å². The summed E-state index contributed by atoms with van der Waals surface area (Å²) in [4.78, 5) is 40.9. The first-order chi connectivity index (χ1) is 20.4. The molecule has 3 atom stereocenters. The number of amides is 3. The number of nitrogens with one attached hydrogen (secondary N) is 3. The number of aryl methyl sites for hydroxylation is 1. The summed E-state index contributed by atoms with van der Waals surface area (Å²) < 4.78 is 26.1. The fraction of sp³-hybridized carbons (Fsp3) is 0.344. The SMILES string of the molecule is COCCNC(=O)C(C)(C)Oc1ccc(Cl)cc1[C@H]1CC(=O)N[C@@H](c2cc(F)ccc2C)[C@]12C(=O)Nc1cc(Cl)ccc12. The van der Waals surface area contributed by atoms with E-state index < -0.39 is 34.7 Å². The number of ether oxygens (including phenoxy) is 2. The lowest BCUT2D eigenvalue weighted by molar-refractivity contribution is -0.135. The van der Waals surface area contributed by atoms with Gasteiger partial charge in [0.1, 0.15) is 17.0 Å². The molecule has 2 heterocycles. The van der Waals surface area contributed by atoms with Crippen LogP contribution in [0.25, 0.3) is 0 Å². The molecule has 0 aromatic heterocycles. The van der Waals surface area contributed by atoms with Crippen molar-refractivity contribution < 1.29 is 28.2 Å². The molecule has 0 bridgehead atoms. The van der Waals surface area contributed by atoms with E-state index in [1.807, 2.05) is 0 Å².